The third-order valence-electron chi connectivity index (χ3n) is 1.31. The van der Waals surface area contributed by atoms with Crippen molar-refractivity contribution < 1.29 is 13.9 Å². The van der Waals surface area contributed by atoms with Crippen LogP contribution in [0.15, 0.2) is 16.7 Å². The standard InChI is InChI=1S/C8H10O3/c1-6(9)8-3-7(4-10-2)5-11-8/h3,5H,4H2,1-2H3. The van der Waals surface area contributed by atoms with Crippen LogP contribution < -0.4 is 0 Å². The molecule has 0 bridgehead atoms. The zero-order valence-corrected chi connectivity index (χ0v) is 6.59. The molecule has 3 heteroatoms. The van der Waals surface area contributed by atoms with E-state index in [4.69, 9.17) is 9.15 Å². The SMILES string of the molecule is COCc1coc(C(C)=O)c1. The molecular weight excluding hydrogens is 144 g/mol. The van der Waals surface area contributed by atoms with Gasteiger partial charge in [-0.1, -0.05) is 0 Å². The van der Waals surface area contributed by atoms with E-state index in [9.17, 15) is 4.79 Å². The van der Waals surface area contributed by atoms with Crippen LogP contribution in [0, 0.1) is 0 Å². The van der Waals surface area contributed by atoms with Crippen molar-refractivity contribution in [2.75, 3.05) is 7.11 Å². The summed E-state index contributed by atoms with van der Waals surface area (Å²) in [7, 11) is 1.60. The zero-order chi connectivity index (χ0) is 8.27. The molecule has 0 aliphatic rings. The van der Waals surface area contributed by atoms with Gasteiger partial charge in [0.1, 0.15) is 0 Å². The molecule has 0 saturated heterocycles. The Morgan fingerprint density at radius 1 is 1.73 bits per heavy atom. The van der Waals surface area contributed by atoms with E-state index in [0.29, 0.717) is 12.4 Å². The van der Waals surface area contributed by atoms with Crippen LogP contribution in [-0.4, -0.2) is 12.9 Å². The van der Waals surface area contributed by atoms with Crippen molar-refractivity contribution in [3.05, 3.63) is 23.7 Å². The fourth-order valence-corrected chi connectivity index (χ4v) is 0.803. The summed E-state index contributed by atoms with van der Waals surface area (Å²) < 4.78 is 9.80. The molecule has 0 atom stereocenters. The molecule has 0 fully saturated rings. The van der Waals surface area contributed by atoms with Gasteiger partial charge in [-0.2, -0.15) is 0 Å². The zero-order valence-electron chi connectivity index (χ0n) is 6.59. The Bertz CT molecular complexity index is 250. The predicted molar refractivity (Wildman–Crippen MR) is 39.4 cm³/mol. The average molecular weight is 154 g/mol. The fraction of sp³-hybridized carbons (Fsp3) is 0.375. The van der Waals surface area contributed by atoms with Crippen LogP contribution in [0.4, 0.5) is 0 Å². The minimum absolute atomic E-state index is 0.0626. The smallest absolute Gasteiger partial charge is 0.194 e. The Balaban J connectivity index is 2.73. The molecule has 0 aliphatic heterocycles. The number of ketones is 1. The van der Waals surface area contributed by atoms with Crippen molar-refractivity contribution in [3.63, 3.8) is 0 Å². The lowest BCUT2D eigenvalue weighted by molar-refractivity contribution is 0.0987. The van der Waals surface area contributed by atoms with Crippen molar-refractivity contribution in [2.45, 2.75) is 13.5 Å². The van der Waals surface area contributed by atoms with E-state index in [2.05, 4.69) is 0 Å². The lowest BCUT2D eigenvalue weighted by Crippen LogP contribution is -1.87. The van der Waals surface area contributed by atoms with Gasteiger partial charge in [0.25, 0.3) is 0 Å². The van der Waals surface area contributed by atoms with Crippen molar-refractivity contribution in [3.8, 4) is 0 Å². The highest BCUT2D eigenvalue weighted by Gasteiger charge is 2.04. The first-order chi connectivity index (χ1) is 5.24. The fourth-order valence-electron chi connectivity index (χ4n) is 0.803. The minimum Gasteiger partial charge on any atom is -0.461 e. The topological polar surface area (TPSA) is 39.4 Å². The van der Waals surface area contributed by atoms with Crippen molar-refractivity contribution in [2.24, 2.45) is 0 Å². The third kappa shape index (κ3) is 1.91. The Labute approximate surface area is 65.0 Å². The predicted octanol–water partition coefficient (Wildman–Crippen LogP) is 1.63. The van der Waals surface area contributed by atoms with E-state index >= 15 is 0 Å². The maximum absolute atomic E-state index is 10.7. The normalized spacial score (nSPS) is 10.0. The van der Waals surface area contributed by atoms with Crippen LogP contribution in [0.2, 0.25) is 0 Å². The molecule has 0 amide bonds. The van der Waals surface area contributed by atoms with Gasteiger partial charge >= 0.3 is 0 Å². The molecule has 60 valence electrons. The summed E-state index contributed by atoms with van der Waals surface area (Å²) in [6.45, 7) is 1.95. The molecule has 0 N–H and O–H groups in total. The van der Waals surface area contributed by atoms with Crippen molar-refractivity contribution in [1.82, 2.24) is 0 Å². The minimum atomic E-state index is -0.0626. The van der Waals surface area contributed by atoms with Gasteiger partial charge in [-0.05, 0) is 6.07 Å². The van der Waals surface area contributed by atoms with Gasteiger partial charge in [0.15, 0.2) is 11.5 Å². The summed E-state index contributed by atoms with van der Waals surface area (Å²) in [5.41, 5.74) is 0.887. The Morgan fingerprint density at radius 2 is 2.45 bits per heavy atom. The molecule has 0 unspecified atom stereocenters. The summed E-state index contributed by atoms with van der Waals surface area (Å²) in [5, 5.41) is 0. The van der Waals surface area contributed by atoms with Crippen LogP contribution in [-0.2, 0) is 11.3 Å². The molecule has 1 heterocycles. The van der Waals surface area contributed by atoms with E-state index in [1.807, 2.05) is 0 Å². The second-order valence-corrected chi connectivity index (χ2v) is 2.31. The van der Waals surface area contributed by atoms with Gasteiger partial charge < -0.3 is 9.15 Å². The molecule has 1 aromatic heterocycles. The molecule has 11 heavy (non-hydrogen) atoms. The summed E-state index contributed by atoms with van der Waals surface area (Å²) in [4.78, 5) is 10.7. The first-order valence-electron chi connectivity index (χ1n) is 3.31. The van der Waals surface area contributed by atoms with E-state index < -0.39 is 0 Å². The highest BCUT2D eigenvalue weighted by Crippen LogP contribution is 2.08. The maximum atomic E-state index is 10.7. The van der Waals surface area contributed by atoms with E-state index in [-0.39, 0.29) is 5.78 Å². The lowest BCUT2D eigenvalue weighted by Gasteiger charge is -1.88. The number of ether oxygens (including phenoxy) is 1. The Kier molecular flexibility index (Phi) is 2.44. The van der Waals surface area contributed by atoms with Gasteiger partial charge in [-0.3, -0.25) is 4.79 Å². The molecule has 1 aromatic rings. The van der Waals surface area contributed by atoms with E-state index in [0.717, 1.165) is 5.56 Å². The quantitative estimate of drug-likeness (QED) is 0.621. The largest absolute Gasteiger partial charge is 0.461 e. The first-order valence-corrected chi connectivity index (χ1v) is 3.31. The first kappa shape index (κ1) is 8.01. The highest BCUT2D eigenvalue weighted by atomic mass is 16.5. The van der Waals surface area contributed by atoms with Crippen LogP contribution >= 0.6 is 0 Å². The number of furan rings is 1. The second-order valence-electron chi connectivity index (χ2n) is 2.31. The number of hydrogen-bond donors (Lipinski definition) is 0. The van der Waals surface area contributed by atoms with Crippen LogP contribution in [0.5, 0.6) is 0 Å². The molecule has 0 aromatic carbocycles. The van der Waals surface area contributed by atoms with Gasteiger partial charge in [-0.15, -0.1) is 0 Å². The van der Waals surface area contributed by atoms with Crippen LogP contribution in [0.1, 0.15) is 23.0 Å². The van der Waals surface area contributed by atoms with Gasteiger partial charge in [0.2, 0.25) is 0 Å². The van der Waals surface area contributed by atoms with E-state index in [1.54, 1.807) is 13.2 Å². The molecule has 0 saturated carbocycles. The summed E-state index contributed by atoms with van der Waals surface area (Å²) in [6, 6.07) is 1.69. The number of carbonyl (C=O) groups excluding carboxylic acids is 1. The summed E-state index contributed by atoms with van der Waals surface area (Å²) >= 11 is 0. The number of methoxy groups -OCH3 is 1. The summed E-state index contributed by atoms with van der Waals surface area (Å²) in [6.07, 6.45) is 1.53. The Morgan fingerprint density at radius 3 is 2.91 bits per heavy atom. The number of rotatable bonds is 3. The monoisotopic (exact) mass is 154 g/mol. The van der Waals surface area contributed by atoms with Gasteiger partial charge in [0, 0.05) is 19.6 Å². The van der Waals surface area contributed by atoms with Gasteiger partial charge in [-0.25, -0.2) is 0 Å². The summed E-state index contributed by atoms with van der Waals surface area (Å²) in [5.74, 6) is 0.324. The van der Waals surface area contributed by atoms with Gasteiger partial charge in [0.05, 0.1) is 12.9 Å². The second kappa shape index (κ2) is 3.34. The Hall–Kier alpha value is -1.09. The van der Waals surface area contributed by atoms with Crippen LogP contribution in [0.25, 0.3) is 0 Å². The van der Waals surface area contributed by atoms with Crippen LogP contribution in [0.3, 0.4) is 0 Å². The van der Waals surface area contributed by atoms with E-state index in [1.165, 1.54) is 13.2 Å². The van der Waals surface area contributed by atoms with Crippen molar-refractivity contribution >= 4 is 5.78 Å². The lowest BCUT2D eigenvalue weighted by atomic mass is 10.3. The molecule has 0 aliphatic carbocycles. The third-order valence-corrected chi connectivity index (χ3v) is 1.31. The maximum Gasteiger partial charge on any atom is 0.194 e. The molecule has 1 rings (SSSR count). The number of carbonyl (C=O) groups is 1. The molecule has 3 nitrogen and oxygen atoms in total. The average Bonchev–Trinajstić information content (AvgIpc) is 2.37. The number of Topliss-reactive ketones (excluding diaryl/α,β-unsaturated/α-hetero) is 1. The van der Waals surface area contributed by atoms with Crippen molar-refractivity contribution in [1.29, 1.82) is 0 Å². The highest BCUT2D eigenvalue weighted by molar-refractivity contribution is 5.91. The number of hydrogen-bond acceptors (Lipinski definition) is 3. The molecular formula is C8H10O3. The molecule has 0 radical (unpaired) electrons. The molecule has 0 spiro atoms.